The largest absolute Gasteiger partial charge is 0.378 e. The monoisotopic (exact) mass is 373 g/mol. The first-order valence-electron chi connectivity index (χ1n) is 10.5. The Balaban J connectivity index is 1.41. The minimum absolute atomic E-state index is 0.0565. The predicted molar refractivity (Wildman–Crippen MR) is 102 cm³/mol. The first kappa shape index (κ1) is 18.5. The number of nitrogens with zero attached hydrogens (tertiary/aromatic N) is 3. The van der Waals surface area contributed by atoms with Gasteiger partial charge in [0.1, 0.15) is 5.54 Å². The van der Waals surface area contributed by atoms with E-state index >= 15 is 0 Å². The molecule has 0 bridgehead atoms. The average molecular weight is 373 g/mol. The van der Waals surface area contributed by atoms with Crippen LogP contribution in [0.15, 0.2) is 24.5 Å². The summed E-state index contributed by atoms with van der Waals surface area (Å²) in [6.07, 6.45) is 10.9. The maximum Gasteiger partial charge on any atom is 0.248 e. The Morgan fingerprint density at radius 1 is 0.852 bits per heavy atom. The number of carbonyl (C=O) groups excluding carboxylic acids is 2. The lowest BCUT2D eigenvalue weighted by molar-refractivity contribution is -0.148. The maximum atomic E-state index is 13.5. The third kappa shape index (κ3) is 3.64. The Labute approximate surface area is 161 Å². The standard InChI is InChI=1S/C21H31N3O3/c25-19(22-14-16-27-17-15-22)18-6-12-23(13-7-18)20(26)21(8-2-1-3-9-21)24-10-4-5-11-24/h4-5,10-11,18H,1-3,6-9,12-17H2. The molecule has 0 spiro atoms. The number of aromatic nitrogens is 1. The summed E-state index contributed by atoms with van der Waals surface area (Å²) >= 11 is 0. The summed E-state index contributed by atoms with van der Waals surface area (Å²) in [6.45, 7) is 4.08. The molecule has 27 heavy (non-hydrogen) atoms. The first-order chi connectivity index (χ1) is 13.2. The second-order valence-electron chi connectivity index (χ2n) is 8.19. The number of carbonyl (C=O) groups is 2. The van der Waals surface area contributed by atoms with E-state index < -0.39 is 5.54 Å². The van der Waals surface area contributed by atoms with Gasteiger partial charge in [0.05, 0.1) is 13.2 Å². The molecule has 0 aromatic carbocycles. The number of hydrogen-bond donors (Lipinski definition) is 0. The van der Waals surface area contributed by atoms with Crippen LogP contribution in [0.25, 0.3) is 0 Å². The molecule has 1 aromatic heterocycles. The summed E-state index contributed by atoms with van der Waals surface area (Å²) < 4.78 is 7.49. The third-order valence-corrected chi connectivity index (χ3v) is 6.63. The fourth-order valence-corrected chi connectivity index (χ4v) is 5.00. The maximum absolute atomic E-state index is 13.5. The Bertz CT molecular complexity index is 638. The van der Waals surface area contributed by atoms with E-state index in [-0.39, 0.29) is 17.7 Å². The molecule has 2 saturated heterocycles. The topological polar surface area (TPSA) is 54.8 Å². The first-order valence-corrected chi connectivity index (χ1v) is 10.5. The van der Waals surface area contributed by atoms with Crippen LogP contribution in [0.3, 0.4) is 0 Å². The molecule has 6 nitrogen and oxygen atoms in total. The van der Waals surface area contributed by atoms with Gasteiger partial charge in [-0.3, -0.25) is 9.59 Å². The fourth-order valence-electron chi connectivity index (χ4n) is 5.00. The summed E-state index contributed by atoms with van der Waals surface area (Å²) in [6, 6.07) is 4.02. The molecular weight excluding hydrogens is 342 g/mol. The molecule has 1 aliphatic carbocycles. The van der Waals surface area contributed by atoms with Crippen LogP contribution in [0, 0.1) is 5.92 Å². The van der Waals surface area contributed by atoms with Gasteiger partial charge in [-0.25, -0.2) is 0 Å². The molecule has 148 valence electrons. The van der Waals surface area contributed by atoms with Gasteiger partial charge in [0.25, 0.3) is 0 Å². The summed E-state index contributed by atoms with van der Waals surface area (Å²) in [4.78, 5) is 30.2. The van der Waals surface area contributed by atoms with Gasteiger partial charge in [-0.2, -0.15) is 0 Å². The van der Waals surface area contributed by atoms with Gasteiger partial charge in [-0.05, 0) is 37.8 Å². The van der Waals surface area contributed by atoms with Crippen LogP contribution in [-0.2, 0) is 19.9 Å². The van der Waals surface area contributed by atoms with Crippen LogP contribution in [0.5, 0.6) is 0 Å². The van der Waals surface area contributed by atoms with E-state index in [9.17, 15) is 9.59 Å². The number of morpholine rings is 1. The van der Waals surface area contributed by atoms with E-state index in [0.717, 1.165) is 38.5 Å². The average Bonchev–Trinajstić information content (AvgIpc) is 3.29. The van der Waals surface area contributed by atoms with Crippen molar-refractivity contribution in [2.75, 3.05) is 39.4 Å². The molecule has 1 aromatic rings. The molecule has 6 heteroatoms. The van der Waals surface area contributed by atoms with Gasteiger partial charge >= 0.3 is 0 Å². The predicted octanol–water partition coefficient (Wildman–Crippen LogP) is 2.24. The second-order valence-corrected chi connectivity index (χ2v) is 8.19. The molecule has 4 rings (SSSR count). The number of rotatable bonds is 3. The molecule has 0 unspecified atom stereocenters. The summed E-state index contributed by atoms with van der Waals surface area (Å²) in [7, 11) is 0. The normalized spacial score (nSPS) is 24.0. The van der Waals surface area contributed by atoms with E-state index in [2.05, 4.69) is 4.57 Å². The van der Waals surface area contributed by atoms with Crippen molar-refractivity contribution in [2.45, 2.75) is 50.5 Å². The lowest BCUT2D eigenvalue weighted by Gasteiger charge is -2.43. The SMILES string of the molecule is O=C(C1CCN(C(=O)C2(n3cccc3)CCCCC2)CC1)N1CCOCC1. The number of amides is 2. The van der Waals surface area contributed by atoms with Crippen molar-refractivity contribution in [2.24, 2.45) is 5.92 Å². The van der Waals surface area contributed by atoms with Crippen molar-refractivity contribution in [3.8, 4) is 0 Å². The van der Waals surface area contributed by atoms with Gasteiger partial charge in [0.2, 0.25) is 11.8 Å². The zero-order chi connectivity index (χ0) is 18.7. The third-order valence-electron chi connectivity index (χ3n) is 6.63. The van der Waals surface area contributed by atoms with Crippen molar-refractivity contribution in [3.05, 3.63) is 24.5 Å². The minimum atomic E-state index is -0.414. The van der Waals surface area contributed by atoms with Crippen LogP contribution in [0.2, 0.25) is 0 Å². The van der Waals surface area contributed by atoms with Crippen molar-refractivity contribution in [1.82, 2.24) is 14.4 Å². The van der Waals surface area contributed by atoms with Gasteiger partial charge in [-0.1, -0.05) is 19.3 Å². The van der Waals surface area contributed by atoms with Crippen molar-refractivity contribution >= 4 is 11.8 Å². The van der Waals surface area contributed by atoms with E-state index in [4.69, 9.17) is 4.74 Å². The quantitative estimate of drug-likeness (QED) is 0.817. The molecule has 3 heterocycles. The van der Waals surface area contributed by atoms with Crippen molar-refractivity contribution in [3.63, 3.8) is 0 Å². The van der Waals surface area contributed by atoms with Crippen LogP contribution in [0.1, 0.15) is 44.9 Å². The molecule has 3 fully saturated rings. The molecular formula is C21H31N3O3. The Hall–Kier alpha value is -1.82. The Morgan fingerprint density at radius 3 is 2.11 bits per heavy atom. The molecule has 0 radical (unpaired) electrons. The van der Waals surface area contributed by atoms with Crippen molar-refractivity contribution < 1.29 is 14.3 Å². The van der Waals surface area contributed by atoms with Gasteiger partial charge < -0.3 is 19.1 Å². The summed E-state index contributed by atoms with van der Waals surface area (Å²) in [5, 5.41) is 0. The lowest BCUT2D eigenvalue weighted by Crippen LogP contribution is -2.54. The van der Waals surface area contributed by atoms with Crippen molar-refractivity contribution in [1.29, 1.82) is 0 Å². The van der Waals surface area contributed by atoms with Gasteiger partial charge in [-0.15, -0.1) is 0 Å². The van der Waals surface area contributed by atoms with E-state index in [1.54, 1.807) is 0 Å². The zero-order valence-electron chi connectivity index (χ0n) is 16.1. The second kappa shape index (κ2) is 8.05. The number of piperidine rings is 1. The van der Waals surface area contributed by atoms with E-state index in [0.29, 0.717) is 39.4 Å². The highest BCUT2D eigenvalue weighted by Crippen LogP contribution is 2.37. The fraction of sp³-hybridized carbons (Fsp3) is 0.714. The van der Waals surface area contributed by atoms with Gasteiger partial charge in [0, 0.05) is 44.5 Å². The highest BCUT2D eigenvalue weighted by molar-refractivity contribution is 5.85. The molecule has 1 saturated carbocycles. The highest BCUT2D eigenvalue weighted by Gasteiger charge is 2.44. The van der Waals surface area contributed by atoms with E-state index in [1.165, 1.54) is 6.42 Å². The number of ether oxygens (including phenoxy) is 1. The van der Waals surface area contributed by atoms with Crippen LogP contribution in [0.4, 0.5) is 0 Å². The molecule has 3 aliphatic rings. The van der Waals surface area contributed by atoms with Gasteiger partial charge in [0.15, 0.2) is 0 Å². The van der Waals surface area contributed by atoms with E-state index in [1.807, 2.05) is 34.3 Å². The van der Waals surface area contributed by atoms with Crippen LogP contribution < -0.4 is 0 Å². The smallest absolute Gasteiger partial charge is 0.248 e. The summed E-state index contributed by atoms with van der Waals surface area (Å²) in [5.74, 6) is 0.569. The highest BCUT2D eigenvalue weighted by atomic mass is 16.5. The molecule has 2 aliphatic heterocycles. The number of hydrogen-bond acceptors (Lipinski definition) is 3. The van der Waals surface area contributed by atoms with Crippen LogP contribution >= 0.6 is 0 Å². The zero-order valence-corrected chi connectivity index (χ0v) is 16.1. The molecule has 0 atom stereocenters. The number of likely N-dealkylation sites (tertiary alicyclic amines) is 1. The van der Waals surface area contributed by atoms with Crippen LogP contribution in [-0.4, -0.2) is 65.6 Å². The molecule has 2 amide bonds. The lowest BCUT2D eigenvalue weighted by atomic mass is 9.79. The minimum Gasteiger partial charge on any atom is -0.378 e. The Kier molecular flexibility index (Phi) is 5.53. The molecule has 0 N–H and O–H groups in total. The summed E-state index contributed by atoms with van der Waals surface area (Å²) in [5.41, 5.74) is -0.414. The Morgan fingerprint density at radius 2 is 1.48 bits per heavy atom.